The van der Waals surface area contributed by atoms with E-state index in [1.165, 1.54) is 22.8 Å². The molecule has 1 aliphatic heterocycles. The largest absolute Gasteiger partial charge is 0.502 e. The van der Waals surface area contributed by atoms with Crippen LogP contribution in [0, 0.1) is 17.1 Å². The molecule has 9 nitrogen and oxygen atoms in total. The fourth-order valence-electron chi connectivity index (χ4n) is 3.59. The Labute approximate surface area is 185 Å². The van der Waals surface area contributed by atoms with E-state index in [9.17, 15) is 24.3 Å². The summed E-state index contributed by atoms with van der Waals surface area (Å²) >= 11 is 0. The number of alkyl carbamates (subject to hydrolysis) is 1. The number of hydrogen-bond acceptors (Lipinski definition) is 7. The van der Waals surface area contributed by atoms with Crippen molar-refractivity contribution in [2.75, 3.05) is 18.0 Å². The number of anilines is 1. The van der Waals surface area contributed by atoms with Crippen molar-refractivity contribution >= 4 is 12.0 Å². The molecule has 1 aliphatic rings. The number of aromatic hydroxyl groups is 1. The van der Waals surface area contributed by atoms with Gasteiger partial charge >= 0.3 is 6.09 Å². The zero-order valence-electron chi connectivity index (χ0n) is 18.3. The van der Waals surface area contributed by atoms with Crippen LogP contribution in [0.5, 0.6) is 5.75 Å². The molecule has 1 atom stereocenters. The van der Waals surface area contributed by atoms with E-state index in [-0.39, 0.29) is 24.1 Å². The second kappa shape index (κ2) is 9.26. The van der Waals surface area contributed by atoms with E-state index < -0.39 is 28.8 Å². The van der Waals surface area contributed by atoms with Crippen molar-refractivity contribution in [3.63, 3.8) is 0 Å². The lowest BCUT2D eigenvalue weighted by molar-refractivity contribution is 0.0499. The number of carbonyl (C=O) groups is 1. The Bertz CT molecular complexity index is 1100. The van der Waals surface area contributed by atoms with Crippen molar-refractivity contribution in [2.45, 2.75) is 51.8 Å². The van der Waals surface area contributed by atoms with Gasteiger partial charge in [0.25, 0.3) is 5.56 Å². The quantitative estimate of drug-likeness (QED) is 0.745. The molecule has 170 valence electrons. The monoisotopic (exact) mass is 443 g/mol. The number of hydrogen-bond donors (Lipinski definition) is 2. The zero-order valence-corrected chi connectivity index (χ0v) is 18.3. The highest BCUT2D eigenvalue weighted by Crippen LogP contribution is 2.21. The van der Waals surface area contributed by atoms with E-state index in [1.54, 1.807) is 20.8 Å². The number of nitriles is 1. The van der Waals surface area contributed by atoms with Gasteiger partial charge in [0.1, 0.15) is 11.4 Å². The van der Waals surface area contributed by atoms with Gasteiger partial charge in [-0.25, -0.2) is 14.2 Å². The van der Waals surface area contributed by atoms with Crippen LogP contribution in [0.2, 0.25) is 0 Å². The van der Waals surface area contributed by atoms with E-state index in [1.807, 2.05) is 11.0 Å². The van der Waals surface area contributed by atoms with Gasteiger partial charge in [-0.15, -0.1) is 0 Å². The molecule has 1 aromatic heterocycles. The maximum absolute atomic E-state index is 13.8. The van der Waals surface area contributed by atoms with Crippen LogP contribution in [-0.2, 0) is 11.3 Å². The SMILES string of the molecule is CC(C)(C)OC(=O)N[C@H]1CCCN(c2ncc(O)c(=O)n2Cc2cc(F)ccc2C#N)C1. The van der Waals surface area contributed by atoms with Crippen LogP contribution in [0.25, 0.3) is 0 Å². The van der Waals surface area contributed by atoms with Gasteiger partial charge in [-0.1, -0.05) is 0 Å². The molecule has 10 heteroatoms. The van der Waals surface area contributed by atoms with Crippen LogP contribution in [0.3, 0.4) is 0 Å². The second-order valence-corrected chi connectivity index (χ2v) is 8.68. The first-order valence-electron chi connectivity index (χ1n) is 10.3. The van der Waals surface area contributed by atoms with Gasteiger partial charge in [-0.3, -0.25) is 9.36 Å². The minimum absolute atomic E-state index is 0.142. The summed E-state index contributed by atoms with van der Waals surface area (Å²) in [6.45, 7) is 6.13. The molecule has 2 aromatic rings. The predicted molar refractivity (Wildman–Crippen MR) is 115 cm³/mol. The molecule has 2 heterocycles. The van der Waals surface area contributed by atoms with Crippen molar-refractivity contribution in [3.05, 3.63) is 51.7 Å². The van der Waals surface area contributed by atoms with Gasteiger partial charge in [-0.2, -0.15) is 5.26 Å². The van der Waals surface area contributed by atoms with Crippen molar-refractivity contribution in [1.29, 1.82) is 5.26 Å². The van der Waals surface area contributed by atoms with E-state index in [0.717, 1.165) is 19.0 Å². The highest BCUT2D eigenvalue weighted by atomic mass is 19.1. The molecule has 1 aromatic carbocycles. The fraction of sp³-hybridized carbons (Fsp3) is 0.455. The normalized spacial score (nSPS) is 16.3. The van der Waals surface area contributed by atoms with E-state index >= 15 is 0 Å². The Morgan fingerprint density at radius 3 is 2.88 bits per heavy atom. The summed E-state index contributed by atoms with van der Waals surface area (Å²) in [7, 11) is 0. The smallest absolute Gasteiger partial charge is 0.407 e. The first-order valence-corrected chi connectivity index (χ1v) is 10.3. The number of benzene rings is 1. The van der Waals surface area contributed by atoms with Gasteiger partial charge in [-0.05, 0) is 57.4 Å². The summed E-state index contributed by atoms with van der Waals surface area (Å²) < 4.78 is 20.3. The maximum atomic E-state index is 13.8. The topological polar surface area (TPSA) is 120 Å². The van der Waals surface area contributed by atoms with Crippen LogP contribution in [-0.4, -0.2) is 45.5 Å². The number of nitrogens with zero attached hydrogens (tertiary/aromatic N) is 4. The minimum atomic E-state index is -0.703. The van der Waals surface area contributed by atoms with Crippen molar-refractivity contribution < 1.29 is 19.0 Å². The number of halogens is 1. The fourth-order valence-corrected chi connectivity index (χ4v) is 3.59. The van der Waals surface area contributed by atoms with Crippen LogP contribution >= 0.6 is 0 Å². The molecule has 1 amide bonds. The number of nitrogens with one attached hydrogen (secondary N) is 1. The first-order chi connectivity index (χ1) is 15.1. The van der Waals surface area contributed by atoms with Crippen molar-refractivity contribution in [1.82, 2.24) is 14.9 Å². The summed E-state index contributed by atoms with van der Waals surface area (Å²) in [6.07, 6.45) is 1.98. The molecule has 0 radical (unpaired) electrons. The Morgan fingerprint density at radius 1 is 1.44 bits per heavy atom. The molecule has 32 heavy (non-hydrogen) atoms. The number of piperidine rings is 1. The van der Waals surface area contributed by atoms with Crippen molar-refractivity contribution in [2.24, 2.45) is 0 Å². The third-order valence-corrected chi connectivity index (χ3v) is 4.95. The molecule has 0 saturated carbocycles. The number of amides is 1. The predicted octanol–water partition coefficient (Wildman–Crippen LogP) is 2.50. The van der Waals surface area contributed by atoms with Crippen LogP contribution in [0.15, 0.2) is 29.2 Å². The van der Waals surface area contributed by atoms with E-state index in [0.29, 0.717) is 18.7 Å². The molecule has 0 unspecified atom stereocenters. The third-order valence-electron chi connectivity index (χ3n) is 4.95. The lowest BCUT2D eigenvalue weighted by Gasteiger charge is -2.35. The Balaban J connectivity index is 1.88. The Hall–Kier alpha value is -3.61. The molecule has 0 aliphatic carbocycles. The summed E-state index contributed by atoms with van der Waals surface area (Å²) in [4.78, 5) is 30.9. The standard InChI is InChI=1S/C22H26FN5O4/c1-22(2,3)32-21(31)26-17-5-4-8-27(13-17)20-25-11-18(29)19(30)28(20)12-15-9-16(23)7-6-14(15)10-24/h6-7,9,11,17,29H,4-5,8,12-13H2,1-3H3,(H,26,31)/t17-/m0/s1. The van der Waals surface area contributed by atoms with Crippen molar-refractivity contribution in [3.8, 4) is 11.8 Å². The zero-order chi connectivity index (χ0) is 23.5. The van der Waals surface area contributed by atoms with Crippen LogP contribution in [0.4, 0.5) is 15.1 Å². The van der Waals surface area contributed by atoms with Gasteiger partial charge < -0.3 is 20.1 Å². The molecular weight excluding hydrogens is 417 g/mol. The molecule has 1 saturated heterocycles. The lowest BCUT2D eigenvalue weighted by Crippen LogP contribution is -2.50. The molecule has 0 spiro atoms. The molecule has 1 fully saturated rings. The first kappa shape index (κ1) is 23.1. The summed E-state index contributed by atoms with van der Waals surface area (Å²) in [5, 5.41) is 22.1. The summed E-state index contributed by atoms with van der Waals surface area (Å²) in [5.41, 5.74) is -0.814. The average molecular weight is 443 g/mol. The summed E-state index contributed by atoms with van der Waals surface area (Å²) in [5.74, 6) is -0.831. The highest BCUT2D eigenvalue weighted by Gasteiger charge is 2.27. The van der Waals surface area contributed by atoms with Gasteiger partial charge in [0.05, 0.1) is 24.4 Å². The molecule has 0 bridgehead atoms. The summed E-state index contributed by atoms with van der Waals surface area (Å²) in [6, 6.07) is 5.44. The average Bonchev–Trinajstić information content (AvgIpc) is 2.70. The van der Waals surface area contributed by atoms with Gasteiger partial charge in [0, 0.05) is 19.1 Å². The van der Waals surface area contributed by atoms with Crippen LogP contribution in [0.1, 0.15) is 44.7 Å². The lowest BCUT2D eigenvalue weighted by atomic mass is 10.1. The number of ether oxygens (including phenoxy) is 1. The maximum Gasteiger partial charge on any atom is 0.407 e. The molecule has 2 N–H and O–H groups in total. The third kappa shape index (κ3) is 5.55. The molecular formula is C22H26FN5O4. The number of rotatable bonds is 4. The van der Waals surface area contributed by atoms with Crippen LogP contribution < -0.4 is 15.8 Å². The highest BCUT2D eigenvalue weighted by molar-refractivity contribution is 5.68. The number of aromatic nitrogens is 2. The van der Waals surface area contributed by atoms with Gasteiger partial charge in [0.2, 0.25) is 11.7 Å². The minimum Gasteiger partial charge on any atom is -0.502 e. The molecule has 3 rings (SSSR count). The second-order valence-electron chi connectivity index (χ2n) is 8.68. The van der Waals surface area contributed by atoms with Gasteiger partial charge in [0.15, 0.2) is 0 Å². The Kier molecular flexibility index (Phi) is 6.67. The number of carbonyl (C=O) groups excluding carboxylic acids is 1. The Morgan fingerprint density at radius 2 is 2.19 bits per heavy atom. The van der Waals surface area contributed by atoms with E-state index in [4.69, 9.17) is 4.74 Å². The van der Waals surface area contributed by atoms with E-state index in [2.05, 4.69) is 10.3 Å².